The molecular formula is C31H23N5O9S. The van der Waals surface area contributed by atoms with Crippen molar-refractivity contribution in [3.63, 3.8) is 0 Å². The minimum Gasteiger partial charge on any atom is -0.507 e. The summed E-state index contributed by atoms with van der Waals surface area (Å²) in [6.45, 7) is 0. The van der Waals surface area contributed by atoms with E-state index < -0.39 is 55.6 Å². The number of phenols is 1. The van der Waals surface area contributed by atoms with E-state index in [-0.39, 0.29) is 33.8 Å². The summed E-state index contributed by atoms with van der Waals surface area (Å²) >= 11 is 0. The first-order valence-electron chi connectivity index (χ1n) is 13.2. The third-order valence-corrected chi connectivity index (χ3v) is 7.54. The Kier molecular flexibility index (Phi) is 8.35. The van der Waals surface area contributed by atoms with Gasteiger partial charge in [0.15, 0.2) is 5.71 Å². The monoisotopic (exact) mass is 641 g/mol. The minimum absolute atomic E-state index is 0.0609. The molecule has 4 aromatic rings. The van der Waals surface area contributed by atoms with Gasteiger partial charge in [-0.05, 0) is 96.6 Å². The van der Waals surface area contributed by atoms with Gasteiger partial charge >= 0.3 is 5.97 Å². The summed E-state index contributed by atoms with van der Waals surface area (Å²) in [4.78, 5) is 49.0. The molecule has 14 nitrogen and oxygen atoms in total. The third kappa shape index (κ3) is 6.75. The molecule has 0 unspecified atom stereocenters. The zero-order valence-corrected chi connectivity index (χ0v) is 24.2. The molecule has 0 spiro atoms. The fourth-order valence-corrected chi connectivity index (χ4v) is 5.02. The number of nitrogen functional groups attached to an aromatic ring is 1. The molecule has 0 bridgehead atoms. The SMILES string of the molecule is Nc1ccc(C(=O)Nc2ccc3c(c2)C=C(S(=O)(=O)O)/C(=N/Nc2ccc(C(=O)Nc4ccc(O)c(C(=O)O)c4)cc2)C3=O)cc1. The molecule has 0 saturated heterocycles. The number of nitrogens with one attached hydrogen (secondary N) is 3. The van der Waals surface area contributed by atoms with E-state index in [1.54, 1.807) is 12.1 Å². The number of carbonyl (C=O) groups is 4. The highest BCUT2D eigenvalue weighted by atomic mass is 32.2. The first-order valence-corrected chi connectivity index (χ1v) is 14.6. The fraction of sp³-hybridized carbons (Fsp3) is 0. The molecule has 0 radical (unpaired) electrons. The van der Waals surface area contributed by atoms with Gasteiger partial charge in [0.1, 0.15) is 16.2 Å². The van der Waals surface area contributed by atoms with Crippen LogP contribution in [0.5, 0.6) is 5.75 Å². The highest BCUT2D eigenvalue weighted by Gasteiger charge is 2.33. The van der Waals surface area contributed by atoms with Gasteiger partial charge in [-0.2, -0.15) is 13.5 Å². The predicted molar refractivity (Wildman–Crippen MR) is 170 cm³/mol. The summed E-state index contributed by atoms with van der Waals surface area (Å²) in [5.74, 6) is -3.72. The van der Waals surface area contributed by atoms with Crippen LogP contribution in [0.2, 0.25) is 0 Å². The number of amides is 2. The predicted octanol–water partition coefficient (Wildman–Crippen LogP) is 4.07. The van der Waals surface area contributed by atoms with E-state index in [1.807, 2.05) is 0 Å². The van der Waals surface area contributed by atoms with Gasteiger partial charge in [0.25, 0.3) is 21.9 Å². The maximum absolute atomic E-state index is 13.3. The van der Waals surface area contributed by atoms with Crippen LogP contribution >= 0.6 is 0 Å². The van der Waals surface area contributed by atoms with Gasteiger partial charge in [0.2, 0.25) is 5.78 Å². The van der Waals surface area contributed by atoms with Gasteiger partial charge in [0, 0.05) is 33.8 Å². The highest BCUT2D eigenvalue weighted by Crippen LogP contribution is 2.29. The molecule has 0 fully saturated rings. The number of allylic oxidation sites excluding steroid dienone is 1. The van der Waals surface area contributed by atoms with E-state index in [4.69, 9.17) is 10.8 Å². The second kappa shape index (κ2) is 12.4. The number of rotatable bonds is 8. The van der Waals surface area contributed by atoms with Crippen LogP contribution in [-0.2, 0) is 10.1 Å². The number of carboxylic acids is 1. The number of Topliss-reactive ketones (excluding diaryl/α,β-unsaturated/α-hetero) is 1. The van der Waals surface area contributed by atoms with Crippen molar-refractivity contribution < 1.29 is 42.4 Å². The van der Waals surface area contributed by atoms with Gasteiger partial charge in [-0.15, -0.1) is 0 Å². The summed E-state index contributed by atoms with van der Waals surface area (Å²) in [7, 11) is -4.93. The van der Waals surface area contributed by atoms with Crippen LogP contribution in [0.25, 0.3) is 6.08 Å². The zero-order chi connectivity index (χ0) is 33.2. The quantitative estimate of drug-likeness (QED) is 0.0626. The maximum Gasteiger partial charge on any atom is 0.339 e. The van der Waals surface area contributed by atoms with Crippen LogP contribution < -0.4 is 21.8 Å². The Morgan fingerprint density at radius 2 is 1.30 bits per heavy atom. The lowest BCUT2D eigenvalue weighted by Crippen LogP contribution is -2.27. The average molecular weight is 642 g/mol. The average Bonchev–Trinajstić information content (AvgIpc) is 3.01. The number of nitrogens with zero attached hydrogens (tertiary/aromatic N) is 1. The number of hydrogen-bond donors (Lipinski definition) is 7. The molecule has 5 rings (SSSR count). The number of nitrogens with two attached hydrogens (primary N) is 1. The molecule has 0 aliphatic heterocycles. The van der Waals surface area contributed by atoms with Crippen molar-refractivity contribution in [3.8, 4) is 5.75 Å². The molecule has 0 aromatic heterocycles. The van der Waals surface area contributed by atoms with Crippen molar-refractivity contribution in [1.29, 1.82) is 0 Å². The maximum atomic E-state index is 13.3. The summed E-state index contributed by atoms with van der Waals surface area (Å²) in [5.41, 5.74) is 8.96. The Morgan fingerprint density at radius 1 is 0.761 bits per heavy atom. The lowest BCUT2D eigenvalue weighted by atomic mass is 9.94. The number of aromatic carboxylic acids is 1. The molecule has 0 atom stereocenters. The van der Waals surface area contributed by atoms with E-state index in [1.165, 1.54) is 60.7 Å². The molecule has 2 amide bonds. The van der Waals surface area contributed by atoms with Crippen LogP contribution in [0.3, 0.4) is 0 Å². The molecule has 8 N–H and O–H groups in total. The summed E-state index contributed by atoms with van der Waals surface area (Å²) < 4.78 is 34.4. The Balaban J connectivity index is 1.33. The molecule has 4 aromatic carbocycles. The first kappa shape index (κ1) is 31.1. The fourth-order valence-electron chi connectivity index (χ4n) is 4.36. The largest absolute Gasteiger partial charge is 0.507 e. The van der Waals surface area contributed by atoms with Crippen LogP contribution in [-0.4, -0.2) is 52.5 Å². The van der Waals surface area contributed by atoms with Gasteiger partial charge < -0.3 is 26.6 Å². The molecule has 0 heterocycles. The Labute approximate surface area is 260 Å². The molecule has 46 heavy (non-hydrogen) atoms. The number of anilines is 4. The van der Waals surface area contributed by atoms with Gasteiger partial charge in [-0.3, -0.25) is 24.4 Å². The van der Waals surface area contributed by atoms with E-state index in [0.717, 1.165) is 18.2 Å². The standard InChI is InChI=1S/C31H23N5O9S/c32-19-5-1-16(2-6-19)29(39)33-21-9-11-23-18(13-21)14-26(46(43,44)45)27(28(23)38)36-35-20-7-3-17(4-8-20)30(40)34-22-10-12-25(37)24(15-22)31(41)42/h1-15,35,37H,32H2,(H,33,39)(H,34,40)(H,41,42)(H,43,44,45)/b36-27-. The Hall–Kier alpha value is -6.32. The van der Waals surface area contributed by atoms with E-state index in [0.29, 0.717) is 11.3 Å². The van der Waals surface area contributed by atoms with Gasteiger partial charge in [0.05, 0.1) is 5.69 Å². The topological polar surface area (TPSA) is 238 Å². The second-order valence-electron chi connectivity index (χ2n) is 9.83. The van der Waals surface area contributed by atoms with Crippen molar-refractivity contribution in [2.45, 2.75) is 0 Å². The normalized spacial score (nSPS) is 13.4. The van der Waals surface area contributed by atoms with E-state index in [9.17, 15) is 37.3 Å². The molecular weight excluding hydrogens is 618 g/mol. The van der Waals surface area contributed by atoms with Crippen LogP contribution in [0.15, 0.2) is 94.9 Å². The molecule has 1 aliphatic rings. The smallest absolute Gasteiger partial charge is 0.339 e. The number of benzene rings is 4. The van der Waals surface area contributed by atoms with Crippen molar-refractivity contribution in [2.75, 3.05) is 21.8 Å². The lowest BCUT2D eigenvalue weighted by molar-refractivity contribution is 0.0693. The van der Waals surface area contributed by atoms with Gasteiger partial charge in [-0.25, -0.2) is 4.79 Å². The van der Waals surface area contributed by atoms with Gasteiger partial charge in [-0.1, -0.05) is 0 Å². The van der Waals surface area contributed by atoms with Crippen molar-refractivity contribution in [2.24, 2.45) is 5.10 Å². The number of carbonyl (C=O) groups excluding carboxylic acids is 3. The Bertz CT molecular complexity index is 2090. The third-order valence-electron chi connectivity index (χ3n) is 6.67. The highest BCUT2D eigenvalue weighted by molar-refractivity contribution is 7.91. The molecule has 15 heteroatoms. The molecule has 0 saturated carbocycles. The second-order valence-corrected chi connectivity index (χ2v) is 11.2. The Morgan fingerprint density at radius 3 is 1.89 bits per heavy atom. The van der Waals surface area contributed by atoms with E-state index >= 15 is 0 Å². The number of hydrogen-bond acceptors (Lipinski definition) is 10. The zero-order valence-electron chi connectivity index (χ0n) is 23.4. The van der Waals surface area contributed by atoms with Crippen molar-refractivity contribution in [3.05, 3.63) is 118 Å². The van der Waals surface area contributed by atoms with Crippen LogP contribution in [0, 0.1) is 0 Å². The van der Waals surface area contributed by atoms with Crippen LogP contribution in [0.4, 0.5) is 22.7 Å². The number of aromatic hydroxyl groups is 1. The summed E-state index contributed by atoms with van der Waals surface area (Å²) in [6, 6.07) is 19.5. The minimum atomic E-state index is -4.93. The number of hydrazone groups is 1. The summed E-state index contributed by atoms with van der Waals surface area (Å²) in [5, 5.41) is 27.9. The van der Waals surface area contributed by atoms with Crippen molar-refractivity contribution >= 4 is 68.2 Å². The van der Waals surface area contributed by atoms with Crippen LogP contribution in [0.1, 0.15) is 47.0 Å². The first-order chi connectivity index (χ1) is 21.8. The van der Waals surface area contributed by atoms with E-state index in [2.05, 4.69) is 21.2 Å². The summed E-state index contributed by atoms with van der Waals surface area (Å²) in [6.07, 6.45) is 1.05. The van der Waals surface area contributed by atoms with Crippen molar-refractivity contribution in [1.82, 2.24) is 0 Å². The number of fused-ring (bicyclic) bond motifs is 1. The number of ketones is 1. The molecule has 232 valence electrons. The lowest BCUT2D eigenvalue weighted by Gasteiger charge is -2.17. The molecule has 1 aliphatic carbocycles. The number of carboxylic acid groups (broad SMARTS) is 1.